The number of benzene rings is 2. The number of ether oxygens (including phenoxy) is 1. The summed E-state index contributed by atoms with van der Waals surface area (Å²) < 4.78 is 5.75. The summed E-state index contributed by atoms with van der Waals surface area (Å²) in [6.45, 7) is 3.80. The summed E-state index contributed by atoms with van der Waals surface area (Å²) in [7, 11) is 0. The summed E-state index contributed by atoms with van der Waals surface area (Å²) in [6, 6.07) is 11.6. The average Bonchev–Trinajstić information content (AvgIpc) is 2.78. The molecule has 0 spiro atoms. The van der Waals surface area contributed by atoms with Crippen LogP contribution in [0.15, 0.2) is 42.5 Å². The molecule has 0 radical (unpaired) electrons. The molecule has 2 aromatic carbocycles. The van der Waals surface area contributed by atoms with Crippen molar-refractivity contribution >= 4 is 29.2 Å². The molecule has 0 bridgehead atoms. The molecule has 0 saturated carbocycles. The number of anilines is 1. The maximum absolute atomic E-state index is 12.5. The monoisotopic (exact) mass is 430 g/mol. The molecule has 0 aliphatic carbocycles. The van der Waals surface area contributed by atoms with Crippen molar-refractivity contribution in [3.63, 3.8) is 0 Å². The molecule has 30 heavy (non-hydrogen) atoms. The van der Waals surface area contributed by atoms with E-state index in [1.54, 1.807) is 30.3 Å². The molecule has 160 valence electrons. The molecule has 2 aromatic rings. The van der Waals surface area contributed by atoms with Gasteiger partial charge < -0.3 is 20.1 Å². The summed E-state index contributed by atoms with van der Waals surface area (Å²) in [4.78, 5) is 26.7. The summed E-state index contributed by atoms with van der Waals surface area (Å²) in [5.41, 5.74) is 1.45. The number of halogens is 1. The Hall–Kier alpha value is -2.57. The van der Waals surface area contributed by atoms with Crippen LogP contribution in [-0.2, 0) is 5.88 Å². The van der Waals surface area contributed by atoms with Crippen molar-refractivity contribution in [1.82, 2.24) is 4.90 Å². The highest BCUT2D eigenvalue weighted by atomic mass is 35.5. The van der Waals surface area contributed by atoms with E-state index in [4.69, 9.17) is 16.3 Å². The second-order valence-electron chi connectivity index (χ2n) is 7.40. The zero-order valence-electron chi connectivity index (χ0n) is 16.9. The van der Waals surface area contributed by atoms with E-state index in [1.165, 1.54) is 25.3 Å². The molecule has 6 nitrogen and oxygen atoms in total. The third-order valence-corrected chi connectivity index (χ3v) is 5.46. The predicted molar refractivity (Wildman–Crippen MR) is 118 cm³/mol. The molecular formula is C23H27ClN2O4. The number of hydrogen-bond donors (Lipinski definition) is 2. The van der Waals surface area contributed by atoms with Crippen LogP contribution >= 0.6 is 11.6 Å². The lowest BCUT2D eigenvalue weighted by Gasteiger charge is -2.26. The molecule has 1 fully saturated rings. The molecule has 1 aliphatic rings. The zero-order valence-corrected chi connectivity index (χ0v) is 17.7. The average molecular weight is 431 g/mol. The van der Waals surface area contributed by atoms with Crippen LogP contribution in [0.3, 0.4) is 0 Å². The fourth-order valence-electron chi connectivity index (χ4n) is 3.55. The number of carbonyl (C=O) groups is 2. The van der Waals surface area contributed by atoms with Crippen LogP contribution in [0.5, 0.6) is 5.75 Å². The second kappa shape index (κ2) is 11.0. The van der Waals surface area contributed by atoms with E-state index in [1.807, 2.05) is 6.07 Å². The van der Waals surface area contributed by atoms with Crippen LogP contribution in [-0.4, -0.2) is 48.1 Å². The standard InChI is InChI=1S/C23H27ClN2O4/c24-16-17-6-4-7-18(14-17)22(27)25-21-9-8-19(15-20(21)23(28)29)30-13-5-12-26-10-2-1-3-11-26/h4,6-9,14-15H,1-3,5,10-13,16H2,(H,25,27)(H,28,29). The van der Waals surface area contributed by atoms with Gasteiger partial charge in [0.05, 0.1) is 17.9 Å². The van der Waals surface area contributed by atoms with Crippen molar-refractivity contribution in [2.45, 2.75) is 31.6 Å². The first-order valence-electron chi connectivity index (χ1n) is 10.3. The van der Waals surface area contributed by atoms with Gasteiger partial charge in [-0.25, -0.2) is 4.79 Å². The molecule has 1 heterocycles. The van der Waals surface area contributed by atoms with Gasteiger partial charge in [-0.15, -0.1) is 11.6 Å². The molecule has 0 aromatic heterocycles. The molecule has 1 saturated heterocycles. The van der Waals surface area contributed by atoms with Crippen LogP contribution in [0.1, 0.15) is 52.0 Å². The summed E-state index contributed by atoms with van der Waals surface area (Å²) in [5, 5.41) is 12.2. The number of hydrogen-bond acceptors (Lipinski definition) is 4. The highest BCUT2D eigenvalue weighted by Gasteiger charge is 2.16. The second-order valence-corrected chi connectivity index (χ2v) is 7.67. The Morgan fingerprint density at radius 2 is 1.90 bits per heavy atom. The maximum atomic E-state index is 12.5. The van der Waals surface area contributed by atoms with Crippen molar-refractivity contribution < 1.29 is 19.4 Å². The third kappa shape index (κ3) is 6.21. The number of likely N-dealkylation sites (tertiary alicyclic amines) is 1. The smallest absolute Gasteiger partial charge is 0.337 e. The topological polar surface area (TPSA) is 78.9 Å². The van der Waals surface area contributed by atoms with Gasteiger partial charge in [0, 0.05) is 18.0 Å². The number of rotatable bonds is 9. The predicted octanol–water partition coefficient (Wildman–Crippen LogP) is 4.63. The molecular weight excluding hydrogens is 404 g/mol. The minimum Gasteiger partial charge on any atom is -0.494 e. The number of piperidine rings is 1. The number of amides is 1. The Balaban J connectivity index is 1.60. The first-order chi connectivity index (χ1) is 14.6. The van der Waals surface area contributed by atoms with Gasteiger partial charge in [0.15, 0.2) is 0 Å². The Morgan fingerprint density at radius 1 is 1.10 bits per heavy atom. The van der Waals surface area contributed by atoms with Crippen molar-refractivity contribution in [3.8, 4) is 5.75 Å². The van der Waals surface area contributed by atoms with Gasteiger partial charge in [0.2, 0.25) is 0 Å². The van der Waals surface area contributed by atoms with Crippen molar-refractivity contribution in [2.24, 2.45) is 0 Å². The molecule has 7 heteroatoms. The van der Waals surface area contributed by atoms with Gasteiger partial charge in [-0.3, -0.25) is 4.79 Å². The largest absolute Gasteiger partial charge is 0.494 e. The Labute approximate surface area is 181 Å². The lowest BCUT2D eigenvalue weighted by atomic mass is 10.1. The minimum atomic E-state index is -1.13. The van der Waals surface area contributed by atoms with Gasteiger partial charge in [-0.2, -0.15) is 0 Å². The lowest BCUT2D eigenvalue weighted by Crippen LogP contribution is -2.31. The third-order valence-electron chi connectivity index (χ3n) is 5.15. The van der Waals surface area contributed by atoms with Crippen LogP contribution in [0, 0.1) is 0 Å². The zero-order chi connectivity index (χ0) is 21.3. The number of nitrogens with one attached hydrogen (secondary N) is 1. The Kier molecular flexibility index (Phi) is 8.11. The molecule has 0 atom stereocenters. The van der Waals surface area contributed by atoms with Crippen LogP contribution in [0.25, 0.3) is 0 Å². The van der Waals surface area contributed by atoms with Crippen molar-refractivity contribution in [3.05, 3.63) is 59.2 Å². The van der Waals surface area contributed by atoms with E-state index in [9.17, 15) is 14.7 Å². The Morgan fingerprint density at radius 3 is 2.63 bits per heavy atom. The van der Waals surface area contributed by atoms with E-state index >= 15 is 0 Å². The first kappa shape index (κ1) is 22.1. The van der Waals surface area contributed by atoms with E-state index in [-0.39, 0.29) is 17.2 Å². The lowest BCUT2D eigenvalue weighted by molar-refractivity contribution is 0.0697. The van der Waals surface area contributed by atoms with Gasteiger partial charge in [-0.1, -0.05) is 18.6 Å². The number of carboxylic acid groups (broad SMARTS) is 1. The first-order valence-corrected chi connectivity index (χ1v) is 10.8. The van der Waals surface area contributed by atoms with E-state index < -0.39 is 5.97 Å². The number of carbonyl (C=O) groups excluding carboxylic acids is 1. The Bertz CT molecular complexity index is 881. The highest BCUT2D eigenvalue weighted by molar-refractivity contribution is 6.17. The van der Waals surface area contributed by atoms with Crippen LogP contribution in [0.4, 0.5) is 5.69 Å². The molecule has 3 rings (SSSR count). The molecule has 1 aliphatic heterocycles. The van der Waals surface area contributed by atoms with Gasteiger partial charge >= 0.3 is 5.97 Å². The van der Waals surface area contributed by atoms with E-state index in [0.29, 0.717) is 23.8 Å². The highest BCUT2D eigenvalue weighted by Crippen LogP contribution is 2.23. The normalized spacial score (nSPS) is 14.3. The van der Waals surface area contributed by atoms with E-state index in [2.05, 4.69) is 10.2 Å². The maximum Gasteiger partial charge on any atom is 0.337 e. The molecule has 2 N–H and O–H groups in total. The minimum absolute atomic E-state index is 0.00891. The van der Waals surface area contributed by atoms with Gasteiger partial charge in [0.1, 0.15) is 5.75 Å². The molecule has 1 amide bonds. The number of carboxylic acids is 1. The number of nitrogens with zero attached hydrogens (tertiary/aromatic N) is 1. The van der Waals surface area contributed by atoms with Gasteiger partial charge in [-0.05, 0) is 68.2 Å². The van der Waals surface area contributed by atoms with Crippen LogP contribution < -0.4 is 10.1 Å². The SMILES string of the molecule is O=C(Nc1ccc(OCCCN2CCCCC2)cc1C(=O)O)c1cccc(CCl)c1. The summed E-state index contributed by atoms with van der Waals surface area (Å²) in [6.07, 6.45) is 4.71. The fourth-order valence-corrected chi connectivity index (χ4v) is 3.72. The fraction of sp³-hybridized carbons (Fsp3) is 0.391. The summed E-state index contributed by atoms with van der Waals surface area (Å²) in [5.74, 6) is -0.739. The quantitative estimate of drug-likeness (QED) is 0.448. The number of alkyl halides is 1. The van der Waals surface area contributed by atoms with Gasteiger partial charge in [0.25, 0.3) is 5.91 Å². The number of aromatic carboxylic acids is 1. The molecule has 0 unspecified atom stereocenters. The van der Waals surface area contributed by atoms with E-state index in [0.717, 1.165) is 31.6 Å². The van der Waals surface area contributed by atoms with Crippen LogP contribution in [0.2, 0.25) is 0 Å². The van der Waals surface area contributed by atoms with Crippen molar-refractivity contribution in [2.75, 3.05) is 31.6 Å². The summed E-state index contributed by atoms with van der Waals surface area (Å²) >= 11 is 5.82. The van der Waals surface area contributed by atoms with Crippen molar-refractivity contribution in [1.29, 1.82) is 0 Å².